The third-order valence-corrected chi connectivity index (χ3v) is 5.59. The maximum Gasteiger partial charge on any atom is 0.263 e. The van der Waals surface area contributed by atoms with Gasteiger partial charge in [0.1, 0.15) is 10.6 Å². The largest absolute Gasteiger partial charge is 0.467 e. The molecule has 23 heavy (non-hydrogen) atoms. The summed E-state index contributed by atoms with van der Waals surface area (Å²) in [6.45, 7) is 4.16. The van der Waals surface area contributed by atoms with Gasteiger partial charge in [0.15, 0.2) is 5.16 Å². The average molecular weight is 349 g/mol. The fourth-order valence-electron chi connectivity index (χ4n) is 2.25. The van der Waals surface area contributed by atoms with E-state index < -0.39 is 5.91 Å². The summed E-state index contributed by atoms with van der Waals surface area (Å²) in [5.41, 5.74) is 6.04. The smallest absolute Gasteiger partial charge is 0.263 e. The fraction of sp³-hybridized carbons (Fsp3) is 0.267. The number of carbonyl (C=O) groups is 1. The van der Waals surface area contributed by atoms with Crippen LogP contribution in [0.4, 0.5) is 0 Å². The van der Waals surface area contributed by atoms with Crippen molar-refractivity contribution in [2.24, 2.45) is 5.73 Å². The molecule has 6 nitrogen and oxygen atoms in total. The number of aryl methyl sites for hydroxylation is 2. The molecule has 1 amide bonds. The first kappa shape index (κ1) is 15.8. The van der Waals surface area contributed by atoms with Crippen LogP contribution in [0.5, 0.6) is 0 Å². The third-order valence-electron chi connectivity index (χ3n) is 3.49. The second-order valence-electron chi connectivity index (χ2n) is 5.08. The molecule has 0 aliphatic carbocycles. The lowest BCUT2D eigenvalue weighted by molar-refractivity contribution is -0.115. The van der Waals surface area contributed by atoms with E-state index in [-0.39, 0.29) is 17.9 Å². The van der Waals surface area contributed by atoms with Crippen molar-refractivity contribution in [2.45, 2.75) is 25.5 Å². The number of amides is 1. The topological polar surface area (TPSA) is 91.1 Å². The average Bonchev–Trinajstić information content (AvgIpc) is 3.09. The highest BCUT2D eigenvalue weighted by molar-refractivity contribution is 7.99. The van der Waals surface area contributed by atoms with Crippen LogP contribution in [0.1, 0.15) is 16.2 Å². The van der Waals surface area contributed by atoms with Crippen LogP contribution in [0, 0.1) is 13.8 Å². The standard InChI is InChI=1S/C15H15N3O3S2/c1-8-9(2)23-13-12(8)14(20)18(6-10-4-3-5-21-10)15(17-13)22-7-11(16)19/h3-5H,6-7H2,1-2H3,(H2,16,19). The maximum atomic E-state index is 12.9. The van der Waals surface area contributed by atoms with Gasteiger partial charge in [0.2, 0.25) is 5.91 Å². The highest BCUT2D eigenvalue weighted by atomic mass is 32.2. The van der Waals surface area contributed by atoms with E-state index in [0.29, 0.717) is 21.1 Å². The lowest BCUT2D eigenvalue weighted by Gasteiger charge is -2.10. The second kappa shape index (κ2) is 6.21. The Morgan fingerprint density at radius 3 is 2.91 bits per heavy atom. The molecule has 2 N–H and O–H groups in total. The minimum absolute atomic E-state index is 0.0689. The molecule has 0 aromatic carbocycles. The summed E-state index contributed by atoms with van der Waals surface area (Å²) in [5.74, 6) is 0.269. The Morgan fingerprint density at radius 2 is 2.26 bits per heavy atom. The molecule has 0 radical (unpaired) electrons. The van der Waals surface area contributed by atoms with Crippen molar-refractivity contribution in [3.63, 3.8) is 0 Å². The van der Waals surface area contributed by atoms with E-state index in [9.17, 15) is 9.59 Å². The van der Waals surface area contributed by atoms with Crippen molar-refractivity contribution in [2.75, 3.05) is 5.75 Å². The summed E-state index contributed by atoms with van der Waals surface area (Å²) in [6.07, 6.45) is 1.56. The first-order valence-electron chi connectivity index (χ1n) is 6.91. The van der Waals surface area contributed by atoms with E-state index >= 15 is 0 Å². The van der Waals surface area contributed by atoms with E-state index in [1.807, 2.05) is 13.8 Å². The van der Waals surface area contributed by atoms with Crippen molar-refractivity contribution >= 4 is 39.2 Å². The van der Waals surface area contributed by atoms with Gasteiger partial charge in [-0.1, -0.05) is 11.8 Å². The lowest BCUT2D eigenvalue weighted by Crippen LogP contribution is -2.24. The number of aromatic nitrogens is 2. The molecular formula is C15H15N3O3S2. The van der Waals surface area contributed by atoms with E-state index in [1.165, 1.54) is 15.9 Å². The zero-order valence-electron chi connectivity index (χ0n) is 12.7. The lowest BCUT2D eigenvalue weighted by atomic mass is 10.2. The van der Waals surface area contributed by atoms with E-state index in [2.05, 4.69) is 4.98 Å². The van der Waals surface area contributed by atoms with E-state index in [0.717, 1.165) is 22.2 Å². The SMILES string of the molecule is Cc1sc2nc(SCC(N)=O)n(Cc3ccco3)c(=O)c2c1C. The summed E-state index contributed by atoms with van der Waals surface area (Å²) in [7, 11) is 0. The molecule has 3 aromatic rings. The summed E-state index contributed by atoms with van der Waals surface area (Å²) in [4.78, 5) is 30.3. The molecule has 0 aliphatic rings. The van der Waals surface area contributed by atoms with Crippen LogP contribution < -0.4 is 11.3 Å². The predicted octanol–water partition coefficient (Wildman–Crippen LogP) is 2.29. The van der Waals surface area contributed by atoms with Gasteiger partial charge in [-0.15, -0.1) is 11.3 Å². The number of thioether (sulfide) groups is 1. The van der Waals surface area contributed by atoms with Crippen molar-refractivity contribution < 1.29 is 9.21 Å². The van der Waals surface area contributed by atoms with Crippen LogP contribution in [-0.2, 0) is 11.3 Å². The Bertz CT molecular complexity index is 926. The molecule has 0 atom stereocenters. The van der Waals surface area contributed by atoms with Gasteiger partial charge >= 0.3 is 0 Å². The minimum atomic E-state index is -0.451. The number of rotatable bonds is 5. The summed E-state index contributed by atoms with van der Waals surface area (Å²) < 4.78 is 6.87. The number of primary amides is 1. The Balaban J connectivity index is 2.17. The number of carbonyl (C=O) groups excluding carboxylic acids is 1. The number of hydrogen-bond acceptors (Lipinski definition) is 6. The van der Waals surface area contributed by atoms with Crippen LogP contribution in [0.3, 0.4) is 0 Å². The zero-order valence-corrected chi connectivity index (χ0v) is 14.3. The number of thiophene rings is 1. The van der Waals surface area contributed by atoms with Crippen LogP contribution in [-0.4, -0.2) is 21.2 Å². The van der Waals surface area contributed by atoms with Crippen LogP contribution in [0.2, 0.25) is 0 Å². The zero-order chi connectivity index (χ0) is 16.6. The monoisotopic (exact) mass is 349 g/mol. The molecule has 0 saturated carbocycles. The maximum absolute atomic E-state index is 12.9. The van der Waals surface area contributed by atoms with Gasteiger partial charge in [-0.25, -0.2) is 4.98 Å². The Hall–Kier alpha value is -2.06. The number of nitrogens with two attached hydrogens (primary N) is 1. The molecule has 8 heteroatoms. The number of fused-ring (bicyclic) bond motifs is 1. The Labute approximate surface area is 140 Å². The third kappa shape index (κ3) is 3.04. The van der Waals surface area contributed by atoms with E-state index in [1.54, 1.807) is 18.4 Å². The molecule has 120 valence electrons. The van der Waals surface area contributed by atoms with E-state index in [4.69, 9.17) is 10.2 Å². The van der Waals surface area contributed by atoms with Crippen LogP contribution in [0.15, 0.2) is 32.8 Å². The van der Waals surface area contributed by atoms with Gasteiger partial charge in [-0.3, -0.25) is 14.2 Å². The number of nitrogens with zero attached hydrogens (tertiary/aromatic N) is 2. The van der Waals surface area contributed by atoms with Gasteiger partial charge in [-0.05, 0) is 31.5 Å². The molecule has 0 fully saturated rings. The van der Waals surface area contributed by atoms with Crippen molar-refractivity contribution in [3.05, 3.63) is 45.0 Å². The normalized spacial score (nSPS) is 11.2. The first-order chi connectivity index (χ1) is 11.0. The molecule has 0 saturated heterocycles. The molecule has 3 rings (SSSR count). The molecule has 0 bridgehead atoms. The minimum Gasteiger partial charge on any atom is -0.467 e. The fourth-order valence-corrected chi connectivity index (χ4v) is 4.06. The highest BCUT2D eigenvalue weighted by Crippen LogP contribution is 2.28. The van der Waals surface area contributed by atoms with Crippen LogP contribution in [0.25, 0.3) is 10.2 Å². The van der Waals surface area contributed by atoms with Crippen molar-refractivity contribution in [1.82, 2.24) is 9.55 Å². The summed E-state index contributed by atoms with van der Waals surface area (Å²) in [5, 5.41) is 1.10. The van der Waals surface area contributed by atoms with Crippen molar-refractivity contribution in [3.8, 4) is 0 Å². The highest BCUT2D eigenvalue weighted by Gasteiger charge is 2.18. The van der Waals surface area contributed by atoms with Gasteiger partial charge in [0.05, 0.1) is 23.9 Å². The molecule has 0 unspecified atom stereocenters. The quantitative estimate of drug-likeness (QED) is 0.564. The molecule has 3 aromatic heterocycles. The van der Waals surface area contributed by atoms with Crippen LogP contribution >= 0.6 is 23.1 Å². The summed E-state index contributed by atoms with van der Waals surface area (Å²) in [6, 6.07) is 3.56. The second-order valence-corrected chi connectivity index (χ2v) is 7.23. The van der Waals surface area contributed by atoms with Gasteiger partial charge in [0, 0.05) is 4.88 Å². The molecule has 3 heterocycles. The number of hydrogen-bond donors (Lipinski definition) is 1. The van der Waals surface area contributed by atoms with Crippen molar-refractivity contribution in [1.29, 1.82) is 0 Å². The molecular weight excluding hydrogens is 334 g/mol. The Morgan fingerprint density at radius 1 is 1.48 bits per heavy atom. The molecule has 0 aliphatic heterocycles. The molecule has 0 spiro atoms. The first-order valence-corrected chi connectivity index (χ1v) is 8.71. The summed E-state index contributed by atoms with van der Waals surface area (Å²) >= 11 is 2.64. The van der Waals surface area contributed by atoms with Gasteiger partial charge in [0.25, 0.3) is 5.56 Å². The Kier molecular flexibility index (Phi) is 4.27. The predicted molar refractivity (Wildman–Crippen MR) is 91.1 cm³/mol. The van der Waals surface area contributed by atoms with Gasteiger partial charge in [-0.2, -0.15) is 0 Å². The number of furan rings is 1. The van der Waals surface area contributed by atoms with Gasteiger partial charge < -0.3 is 10.2 Å².